The van der Waals surface area contributed by atoms with Crippen molar-refractivity contribution in [3.63, 3.8) is 0 Å². The van der Waals surface area contributed by atoms with Crippen LogP contribution in [0.15, 0.2) is 73.1 Å². The van der Waals surface area contributed by atoms with Crippen molar-refractivity contribution in [2.24, 2.45) is 10.8 Å². The van der Waals surface area contributed by atoms with Crippen LogP contribution in [0.25, 0.3) is 5.69 Å². The van der Waals surface area contributed by atoms with E-state index in [0.29, 0.717) is 44.1 Å². The van der Waals surface area contributed by atoms with Gasteiger partial charge in [0.2, 0.25) is 0 Å². The summed E-state index contributed by atoms with van der Waals surface area (Å²) in [7, 11) is 0. The van der Waals surface area contributed by atoms with Crippen molar-refractivity contribution in [3.8, 4) is 22.9 Å². The van der Waals surface area contributed by atoms with E-state index in [9.17, 15) is 9.59 Å². The van der Waals surface area contributed by atoms with Crippen molar-refractivity contribution in [2.75, 3.05) is 13.2 Å². The molecule has 41 heavy (non-hydrogen) atoms. The predicted molar refractivity (Wildman–Crippen MR) is 161 cm³/mol. The molecule has 4 rings (SSSR count). The second kappa shape index (κ2) is 13.6. The molecule has 0 radical (unpaired) electrons. The molecule has 10 nitrogen and oxygen atoms in total. The molecular formula is C29H28Br2N4O6. The van der Waals surface area contributed by atoms with Crippen LogP contribution in [0.1, 0.15) is 40.2 Å². The average molecular weight is 688 g/mol. The normalized spacial score (nSPS) is 11.0. The van der Waals surface area contributed by atoms with Crippen LogP contribution in [0.2, 0.25) is 0 Å². The molecule has 0 unspecified atom stereocenters. The highest BCUT2D eigenvalue weighted by molar-refractivity contribution is 9.13. The summed E-state index contributed by atoms with van der Waals surface area (Å²) in [6.45, 7) is 6.14. The Balaban J connectivity index is 1.36. The van der Waals surface area contributed by atoms with Gasteiger partial charge in [-0.25, -0.2) is 5.43 Å². The molecule has 0 spiro atoms. The van der Waals surface area contributed by atoms with E-state index < -0.39 is 11.8 Å². The van der Waals surface area contributed by atoms with Crippen LogP contribution in [0.3, 0.4) is 0 Å². The molecule has 2 aromatic heterocycles. The lowest BCUT2D eigenvalue weighted by Gasteiger charge is -2.15. The summed E-state index contributed by atoms with van der Waals surface area (Å²) in [5.74, 6) is 0.778. The minimum Gasteiger partial charge on any atom is -0.490 e. The van der Waals surface area contributed by atoms with Crippen LogP contribution in [-0.4, -0.2) is 35.8 Å². The average Bonchev–Trinajstić information content (AvgIpc) is 3.56. The van der Waals surface area contributed by atoms with Gasteiger partial charge in [-0.3, -0.25) is 9.59 Å². The van der Waals surface area contributed by atoms with Gasteiger partial charge in [-0.05, 0) is 107 Å². The first-order valence-corrected chi connectivity index (χ1v) is 14.1. The molecule has 0 aliphatic heterocycles. The number of amides is 2. The molecule has 0 atom stereocenters. The van der Waals surface area contributed by atoms with Gasteiger partial charge in [0.05, 0.1) is 17.3 Å². The summed E-state index contributed by atoms with van der Waals surface area (Å²) in [6.07, 6.45) is 1.43. The fourth-order valence-electron chi connectivity index (χ4n) is 3.95. The van der Waals surface area contributed by atoms with Crippen LogP contribution in [0.4, 0.5) is 0 Å². The van der Waals surface area contributed by atoms with Gasteiger partial charge in [0.1, 0.15) is 18.1 Å². The zero-order valence-electron chi connectivity index (χ0n) is 22.6. The predicted octanol–water partition coefficient (Wildman–Crippen LogP) is 5.82. The number of furan rings is 1. The number of aromatic nitrogens is 1. The number of hydrogen-bond donors (Lipinski definition) is 2. The Labute approximate surface area is 253 Å². The second-order valence-corrected chi connectivity index (χ2v) is 10.4. The van der Waals surface area contributed by atoms with Gasteiger partial charge >= 0.3 is 5.91 Å². The number of ether oxygens (including phenoxy) is 3. The fourth-order valence-corrected chi connectivity index (χ4v) is 4.89. The molecule has 2 heterocycles. The Morgan fingerprint density at radius 2 is 1.71 bits per heavy atom. The zero-order valence-corrected chi connectivity index (χ0v) is 25.7. The molecule has 0 aliphatic carbocycles. The number of nitrogens with one attached hydrogen (secondary N) is 1. The summed E-state index contributed by atoms with van der Waals surface area (Å²) >= 11 is 6.89. The number of carbonyl (C=O) groups excluding carboxylic acids is 2. The topological polar surface area (TPSA) is 130 Å². The highest BCUT2D eigenvalue weighted by Gasteiger charge is 2.18. The zero-order chi connectivity index (χ0) is 29.5. The number of nitrogens with two attached hydrogens (primary N) is 1. The van der Waals surface area contributed by atoms with E-state index in [1.54, 1.807) is 18.2 Å². The van der Waals surface area contributed by atoms with Gasteiger partial charge in [0.15, 0.2) is 23.9 Å². The van der Waals surface area contributed by atoms with Gasteiger partial charge in [0, 0.05) is 27.1 Å². The summed E-state index contributed by atoms with van der Waals surface area (Å²) in [5, 5.41) is 4.03. The largest absolute Gasteiger partial charge is 0.490 e. The first kappa shape index (κ1) is 29.9. The number of benzene rings is 2. The van der Waals surface area contributed by atoms with E-state index in [0.717, 1.165) is 17.1 Å². The number of rotatable bonds is 12. The molecule has 3 N–H and O–H groups in total. The molecule has 2 amide bonds. The Hall–Kier alpha value is -4.03. The molecule has 0 aliphatic rings. The lowest BCUT2D eigenvalue weighted by molar-refractivity contribution is -0.120. The van der Waals surface area contributed by atoms with Crippen LogP contribution in [-0.2, 0) is 11.4 Å². The maximum atomic E-state index is 12.6. The standard InChI is InChI=1S/C29H28Br2N4O6/c1-4-38-24-13-19(26(30)27(31)28(24)40-16-25(32)36)14-33-34-29(37)23-12-11-22(41-23)15-39-21-9-7-20(8-10-21)35-17(2)5-6-18(35)3/h5-14H,4,15-16H2,1-3H3,(H2,32,36)(H,34,37)/b33-14+. The van der Waals surface area contributed by atoms with Crippen molar-refractivity contribution in [3.05, 3.63) is 92.0 Å². The van der Waals surface area contributed by atoms with Crippen molar-refractivity contribution in [2.45, 2.75) is 27.4 Å². The SMILES string of the molecule is CCOc1cc(/C=N/NC(=O)c2ccc(COc3ccc(-n4c(C)ccc4C)cc3)o2)c(Br)c(Br)c1OCC(N)=O. The molecule has 0 saturated carbocycles. The minimum atomic E-state index is -0.621. The number of nitrogens with zero attached hydrogens (tertiary/aromatic N) is 2. The van der Waals surface area contributed by atoms with Gasteiger partial charge in [-0.15, -0.1) is 0 Å². The second-order valence-electron chi connectivity index (χ2n) is 8.81. The third-order valence-corrected chi connectivity index (χ3v) is 7.96. The van der Waals surface area contributed by atoms with Crippen LogP contribution >= 0.6 is 31.9 Å². The van der Waals surface area contributed by atoms with Crippen molar-refractivity contribution >= 4 is 49.9 Å². The van der Waals surface area contributed by atoms with Gasteiger partial charge in [-0.1, -0.05) is 0 Å². The van der Waals surface area contributed by atoms with E-state index in [1.807, 2.05) is 31.2 Å². The lowest BCUT2D eigenvalue weighted by atomic mass is 10.2. The van der Waals surface area contributed by atoms with Crippen molar-refractivity contribution in [1.82, 2.24) is 9.99 Å². The Bertz CT molecular complexity index is 1560. The number of halogens is 2. The first-order valence-electron chi connectivity index (χ1n) is 12.5. The summed E-state index contributed by atoms with van der Waals surface area (Å²) < 4.78 is 25.8. The number of aryl methyl sites for hydroxylation is 2. The minimum absolute atomic E-state index is 0.0834. The van der Waals surface area contributed by atoms with Gasteiger partial charge < -0.3 is 28.9 Å². The molecule has 12 heteroatoms. The number of hydrogen-bond acceptors (Lipinski definition) is 7. The van der Waals surface area contributed by atoms with Crippen molar-refractivity contribution in [1.29, 1.82) is 0 Å². The van der Waals surface area contributed by atoms with Crippen molar-refractivity contribution < 1.29 is 28.2 Å². The van der Waals surface area contributed by atoms with Gasteiger partial charge in [0.25, 0.3) is 5.91 Å². The third-order valence-electron chi connectivity index (χ3n) is 5.82. The van der Waals surface area contributed by atoms with E-state index in [1.165, 1.54) is 6.21 Å². The molecule has 2 aromatic carbocycles. The number of primary amides is 1. The smallest absolute Gasteiger partial charge is 0.307 e. The Morgan fingerprint density at radius 3 is 2.37 bits per heavy atom. The van der Waals surface area contributed by atoms with Crippen LogP contribution in [0.5, 0.6) is 17.2 Å². The maximum Gasteiger partial charge on any atom is 0.307 e. The maximum absolute atomic E-state index is 12.6. The first-order chi connectivity index (χ1) is 19.7. The highest BCUT2D eigenvalue weighted by Crippen LogP contribution is 2.42. The Kier molecular flexibility index (Phi) is 9.90. The molecular weight excluding hydrogens is 660 g/mol. The third kappa shape index (κ3) is 7.39. The Morgan fingerprint density at radius 1 is 1.00 bits per heavy atom. The van der Waals surface area contributed by atoms with Crippen LogP contribution in [0, 0.1) is 13.8 Å². The van der Waals surface area contributed by atoms with Crippen LogP contribution < -0.4 is 25.4 Å². The molecule has 4 aromatic rings. The molecule has 214 valence electrons. The molecule has 0 saturated heterocycles. The van der Waals surface area contributed by atoms with E-state index in [-0.39, 0.29) is 19.0 Å². The van der Waals surface area contributed by atoms with E-state index in [2.05, 4.69) is 72.9 Å². The number of carbonyl (C=O) groups is 2. The number of hydrazone groups is 1. The van der Waals surface area contributed by atoms with Gasteiger partial charge in [-0.2, -0.15) is 5.10 Å². The molecule has 0 fully saturated rings. The van der Waals surface area contributed by atoms with E-state index in [4.69, 9.17) is 24.4 Å². The summed E-state index contributed by atoms with van der Waals surface area (Å²) in [5.41, 5.74) is 11.6. The fraction of sp³-hybridized carbons (Fsp3) is 0.207. The highest BCUT2D eigenvalue weighted by atomic mass is 79.9. The summed E-state index contributed by atoms with van der Waals surface area (Å²) in [4.78, 5) is 23.7. The molecule has 0 bridgehead atoms. The summed E-state index contributed by atoms with van der Waals surface area (Å²) in [6, 6.07) is 16.8. The lowest BCUT2D eigenvalue weighted by Crippen LogP contribution is -2.20. The monoisotopic (exact) mass is 686 g/mol. The quantitative estimate of drug-likeness (QED) is 0.143. The van der Waals surface area contributed by atoms with E-state index >= 15 is 0 Å².